The van der Waals surface area contributed by atoms with Gasteiger partial charge in [0.1, 0.15) is 0 Å². The lowest BCUT2D eigenvalue weighted by atomic mass is 10.2. The number of hydrogen-bond donors (Lipinski definition) is 1. The molecule has 0 radical (unpaired) electrons. The van der Waals surface area contributed by atoms with Gasteiger partial charge in [0, 0.05) is 23.7 Å². The van der Waals surface area contributed by atoms with Crippen LogP contribution in [0.2, 0.25) is 0 Å². The molecule has 0 unspecified atom stereocenters. The average Bonchev–Trinajstić information content (AvgIpc) is 3.08. The van der Waals surface area contributed by atoms with Gasteiger partial charge in [-0.15, -0.1) is 0 Å². The molecule has 0 saturated heterocycles. The first kappa shape index (κ1) is 18.6. The number of nitrogens with zero attached hydrogens (tertiary/aromatic N) is 1. The van der Waals surface area contributed by atoms with E-state index in [2.05, 4.69) is 10.3 Å². The van der Waals surface area contributed by atoms with Crippen LogP contribution in [0.1, 0.15) is 16.1 Å². The van der Waals surface area contributed by atoms with Gasteiger partial charge in [0.05, 0.1) is 7.11 Å². The SMILES string of the molecule is COc1cccc2cc(C(=O)NCc3cccnc3OCC(F)(F)F)oc12. The smallest absolute Gasteiger partial charge is 0.422 e. The topological polar surface area (TPSA) is 73.6 Å². The molecule has 0 spiro atoms. The van der Waals surface area contributed by atoms with Crippen LogP contribution in [0.15, 0.2) is 47.0 Å². The van der Waals surface area contributed by atoms with Crippen molar-refractivity contribution in [3.63, 3.8) is 0 Å². The van der Waals surface area contributed by atoms with Crippen molar-refractivity contribution in [1.29, 1.82) is 0 Å². The zero-order valence-electron chi connectivity index (χ0n) is 14.2. The second-order valence-electron chi connectivity index (χ2n) is 5.54. The molecule has 1 amide bonds. The van der Waals surface area contributed by atoms with Crippen molar-refractivity contribution in [3.8, 4) is 11.6 Å². The van der Waals surface area contributed by atoms with Crippen molar-refractivity contribution >= 4 is 16.9 Å². The van der Waals surface area contributed by atoms with Crippen LogP contribution in [0, 0.1) is 0 Å². The number of aromatic nitrogens is 1. The zero-order valence-corrected chi connectivity index (χ0v) is 14.2. The number of carbonyl (C=O) groups is 1. The van der Waals surface area contributed by atoms with E-state index in [0.29, 0.717) is 22.3 Å². The van der Waals surface area contributed by atoms with E-state index >= 15 is 0 Å². The van der Waals surface area contributed by atoms with Crippen molar-refractivity contribution in [2.75, 3.05) is 13.7 Å². The number of pyridine rings is 1. The van der Waals surface area contributed by atoms with Gasteiger partial charge < -0.3 is 19.2 Å². The number of para-hydroxylation sites is 1. The summed E-state index contributed by atoms with van der Waals surface area (Å²) in [4.78, 5) is 16.1. The zero-order chi connectivity index (χ0) is 19.4. The summed E-state index contributed by atoms with van der Waals surface area (Å²) in [5, 5.41) is 3.27. The van der Waals surface area contributed by atoms with Crippen molar-refractivity contribution in [3.05, 3.63) is 53.9 Å². The van der Waals surface area contributed by atoms with Crippen molar-refractivity contribution in [2.24, 2.45) is 0 Å². The number of furan rings is 1. The summed E-state index contributed by atoms with van der Waals surface area (Å²) in [6.45, 7) is -1.54. The summed E-state index contributed by atoms with van der Waals surface area (Å²) in [5.41, 5.74) is 0.740. The highest BCUT2D eigenvalue weighted by atomic mass is 19.4. The number of rotatable bonds is 6. The van der Waals surface area contributed by atoms with Gasteiger partial charge in [-0.05, 0) is 18.2 Å². The molecule has 1 aromatic carbocycles. The summed E-state index contributed by atoms with van der Waals surface area (Å²) in [6.07, 6.45) is -3.17. The summed E-state index contributed by atoms with van der Waals surface area (Å²) in [7, 11) is 1.49. The van der Waals surface area contributed by atoms with E-state index in [1.165, 1.54) is 25.4 Å². The highest BCUT2D eigenvalue weighted by Gasteiger charge is 2.29. The Hall–Kier alpha value is -3.23. The van der Waals surface area contributed by atoms with Crippen LogP contribution in [0.25, 0.3) is 11.0 Å². The minimum absolute atomic E-state index is 0.0520. The second-order valence-corrected chi connectivity index (χ2v) is 5.54. The van der Waals surface area contributed by atoms with Gasteiger partial charge in [-0.2, -0.15) is 13.2 Å². The quantitative estimate of drug-likeness (QED) is 0.706. The van der Waals surface area contributed by atoms with Gasteiger partial charge >= 0.3 is 6.18 Å². The van der Waals surface area contributed by atoms with Crippen LogP contribution in [0.5, 0.6) is 11.6 Å². The number of carbonyl (C=O) groups excluding carboxylic acids is 1. The molecule has 0 aliphatic carbocycles. The van der Waals surface area contributed by atoms with Crippen LogP contribution in [0.3, 0.4) is 0 Å². The van der Waals surface area contributed by atoms with E-state index in [-0.39, 0.29) is 18.2 Å². The van der Waals surface area contributed by atoms with Crippen LogP contribution in [-0.2, 0) is 6.54 Å². The lowest BCUT2D eigenvalue weighted by Gasteiger charge is -2.12. The maximum absolute atomic E-state index is 12.3. The first-order valence-corrected chi connectivity index (χ1v) is 7.85. The number of amides is 1. The fourth-order valence-electron chi connectivity index (χ4n) is 2.41. The third-order valence-electron chi connectivity index (χ3n) is 3.61. The third kappa shape index (κ3) is 4.49. The Bertz CT molecular complexity index is 953. The molecule has 3 rings (SSSR count). The molecule has 3 aromatic rings. The minimum Gasteiger partial charge on any atom is -0.493 e. The predicted octanol–water partition coefficient (Wildman–Crippen LogP) is 3.71. The number of halogens is 3. The molecular weight excluding hydrogens is 365 g/mol. The Balaban J connectivity index is 1.71. The van der Waals surface area contributed by atoms with E-state index in [4.69, 9.17) is 13.9 Å². The van der Waals surface area contributed by atoms with Gasteiger partial charge in [0.2, 0.25) is 5.88 Å². The van der Waals surface area contributed by atoms with Gasteiger partial charge in [0.15, 0.2) is 23.7 Å². The first-order chi connectivity index (χ1) is 12.9. The molecule has 0 atom stereocenters. The highest BCUT2D eigenvalue weighted by molar-refractivity contribution is 5.97. The van der Waals surface area contributed by atoms with E-state index in [1.807, 2.05) is 0 Å². The summed E-state index contributed by atoms with van der Waals surface area (Å²) < 4.78 is 52.4. The molecule has 9 heteroatoms. The molecule has 142 valence electrons. The minimum atomic E-state index is -4.48. The number of methoxy groups -OCH3 is 1. The Morgan fingerprint density at radius 1 is 1.26 bits per heavy atom. The molecule has 2 aromatic heterocycles. The predicted molar refractivity (Wildman–Crippen MR) is 89.7 cm³/mol. The Labute approximate surface area is 151 Å². The maximum atomic E-state index is 12.3. The molecule has 0 aliphatic rings. The van der Waals surface area contributed by atoms with E-state index in [9.17, 15) is 18.0 Å². The Morgan fingerprint density at radius 2 is 2.07 bits per heavy atom. The van der Waals surface area contributed by atoms with Gasteiger partial charge in [-0.25, -0.2) is 4.98 Å². The maximum Gasteiger partial charge on any atom is 0.422 e. The molecule has 1 N–H and O–H groups in total. The number of fused-ring (bicyclic) bond motifs is 1. The fourth-order valence-corrected chi connectivity index (χ4v) is 2.41. The number of alkyl halides is 3. The van der Waals surface area contributed by atoms with E-state index < -0.39 is 18.7 Å². The average molecular weight is 380 g/mol. The first-order valence-electron chi connectivity index (χ1n) is 7.85. The van der Waals surface area contributed by atoms with Gasteiger partial charge in [0.25, 0.3) is 5.91 Å². The number of hydrogen-bond acceptors (Lipinski definition) is 5. The number of benzene rings is 1. The van der Waals surface area contributed by atoms with Crippen molar-refractivity contribution < 1.29 is 31.9 Å². The highest BCUT2D eigenvalue weighted by Crippen LogP contribution is 2.28. The van der Waals surface area contributed by atoms with E-state index in [0.717, 1.165) is 0 Å². The molecule has 0 fully saturated rings. The summed E-state index contributed by atoms with van der Waals surface area (Å²) in [6, 6.07) is 9.83. The standard InChI is InChI=1S/C18H15F3N2O4/c1-25-13-6-2-4-11-8-14(27-15(11)13)16(24)23-9-12-5-3-7-22-17(12)26-10-18(19,20)21/h2-8H,9-10H2,1H3,(H,23,24). The molecule has 0 saturated carbocycles. The van der Waals surface area contributed by atoms with Gasteiger partial charge in [-0.3, -0.25) is 4.79 Å². The van der Waals surface area contributed by atoms with Crippen LogP contribution in [0.4, 0.5) is 13.2 Å². The third-order valence-corrected chi connectivity index (χ3v) is 3.61. The second kappa shape index (κ2) is 7.56. The largest absolute Gasteiger partial charge is 0.493 e. The molecule has 0 aliphatic heterocycles. The Kier molecular flexibility index (Phi) is 5.20. The summed E-state index contributed by atoms with van der Waals surface area (Å²) in [5.74, 6) is -0.182. The lowest BCUT2D eigenvalue weighted by Crippen LogP contribution is -2.24. The van der Waals surface area contributed by atoms with Crippen LogP contribution >= 0.6 is 0 Å². The normalized spacial score (nSPS) is 11.4. The van der Waals surface area contributed by atoms with Crippen LogP contribution in [-0.4, -0.2) is 30.8 Å². The number of nitrogens with one attached hydrogen (secondary N) is 1. The molecule has 27 heavy (non-hydrogen) atoms. The molecule has 2 heterocycles. The molecule has 0 bridgehead atoms. The lowest BCUT2D eigenvalue weighted by molar-refractivity contribution is -0.154. The van der Waals surface area contributed by atoms with Crippen molar-refractivity contribution in [1.82, 2.24) is 10.3 Å². The monoisotopic (exact) mass is 380 g/mol. The van der Waals surface area contributed by atoms with E-state index in [1.54, 1.807) is 24.3 Å². The molecule has 6 nitrogen and oxygen atoms in total. The fraction of sp³-hybridized carbons (Fsp3) is 0.222. The molecular formula is C18H15F3N2O4. The Morgan fingerprint density at radius 3 is 2.81 bits per heavy atom. The van der Waals surface area contributed by atoms with Crippen molar-refractivity contribution in [2.45, 2.75) is 12.7 Å². The van der Waals surface area contributed by atoms with Crippen LogP contribution < -0.4 is 14.8 Å². The van der Waals surface area contributed by atoms with Gasteiger partial charge in [-0.1, -0.05) is 18.2 Å². The summed E-state index contributed by atoms with van der Waals surface area (Å²) >= 11 is 0. The number of ether oxygens (including phenoxy) is 2.